The van der Waals surface area contributed by atoms with Crippen molar-refractivity contribution in [3.05, 3.63) is 40.9 Å². The number of aryl methyl sites for hydroxylation is 1. The van der Waals surface area contributed by atoms with E-state index in [1.165, 1.54) is 63.5 Å². The second-order valence-corrected chi connectivity index (χ2v) is 8.89. The topological polar surface area (TPSA) is 9.23 Å². The molecule has 0 spiro atoms. The molecule has 0 saturated heterocycles. The summed E-state index contributed by atoms with van der Waals surface area (Å²) in [6, 6.07) is 2.88. The number of hydrogen-bond acceptors (Lipinski definition) is 1. The van der Waals surface area contributed by atoms with E-state index in [1.54, 1.807) is 12.5 Å². The lowest BCUT2D eigenvalue weighted by molar-refractivity contribution is 0.153. The van der Waals surface area contributed by atoms with Crippen LogP contribution in [0.4, 0.5) is 8.78 Å². The molecule has 28 heavy (non-hydrogen) atoms. The maximum absolute atomic E-state index is 14.0. The van der Waals surface area contributed by atoms with E-state index in [9.17, 15) is 8.78 Å². The standard InChI is InChI=1S/C24H33ClF2O/c1-2-28-24-22(26)15-19(16-23(24)27)4-3-17-5-9-20(10-6-17)21-11-7-18(8-12-21)13-14-25/h13-18,20-21H,2-12H2,1H3/b14-13+. The summed E-state index contributed by atoms with van der Waals surface area (Å²) in [6.07, 6.45) is 14.3. The van der Waals surface area contributed by atoms with Gasteiger partial charge < -0.3 is 4.74 Å². The van der Waals surface area contributed by atoms with Crippen molar-refractivity contribution in [2.45, 2.75) is 71.1 Å². The van der Waals surface area contributed by atoms with E-state index < -0.39 is 11.6 Å². The van der Waals surface area contributed by atoms with Gasteiger partial charge in [0.05, 0.1) is 6.61 Å². The number of rotatable bonds is 7. The van der Waals surface area contributed by atoms with E-state index in [0.717, 1.165) is 30.2 Å². The van der Waals surface area contributed by atoms with Crippen LogP contribution in [0.25, 0.3) is 0 Å². The molecule has 0 heterocycles. The Hall–Kier alpha value is -1.09. The average Bonchev–Trinajstić information content (AvgIpc) is 2.70. The Labute approximate surface area is 173 Å². The van der Waals surface area contributed by atoms with E-state index in [0.29, 0.717) is 11.8 Å². The van der Waals surface area contributed by atoms with E-state index in [-0.39, 0.29) is 12.4 Å². The monoisotopic (exact) mass is 410 g/mol. The molecule has 1 aromatic rings. The lowest BCUT2D eigenvalue weighted by Crippen LogP contribution is -2.25. The minimum Gasteiger partial charge on any atom is -0.488 e. The Morgan fingerprint density at radius 1 is 0.964 bits per heavy atom. The third-order valence-electron chi connectivity index (χ3n) is 6.91. The number of halogens is 3. The summed E-state index contributed by atoms with van der Waals surface area (Å²) >= 11 is 5.72. The smallest absolute Gasteiger partial charge is 0.190 e. The fourth-order valence-electron chi connectivity index (χ4n) is 5.27. The third kappa shape index (κ3) is 5.72. The van der Waals surface area contributed by atoms with Crippen molar-refractivity contribution in [2.75, 3.05) is 6.61 Å². The van der Waals surface area contributed by atoms with Crippen molar-refractivity contribution in [3.63, 3.8) is 0 Å². The van der Waals surface area contributed by atoms with Crippen molar-refractivity contribution in [2.24, 2.45) is 23.7 Å². The van der Waals surface area contributed by atoms with E-state index >= 15 is 0 Å². The van der Waals surface area contributed by atoms with Crippen LogP contribution in [-0.2, 0) is 6.42 Å². The van der Waals surface area contributed by atoms with Crippen LogP contribution >= 0.6 is 11.6 Å². The van der Waals surface area contributed by atoms with Crippen LogP contribution in [0.3, 0.4) is 0 Å². The molecule has 0 N–H and O–H groups in total. The van der Waals surface area contributed by atoms with Gasteiger partial charge in [-0.15, -0.1) is 0 Å². The van der Waals surface area contributed by atoms with Crippen LogP contribution in [0.2, 0.25) is 0 Å². The van der Waals surface area contributed by atoms with Crippen LogP contribution < -0.4 is 4.74 Å². The van der Waals surface area contributed by atoms with Crippen LogP contribution in [-0.4, -0.2) is 6.61 Å². The first-order chi connectivity index (χ1) is 13.6. The zero-order chi connectivity index (χ0) is 19.9. The van der Waals surface area contributed by atoms with Gasteiger partial charge in [0.25, 0.3) is 0 Å². The molecule has 4 heteroatoms. The molecule has 2 aliphatic rings. The van der Waals surface area contributed by atoms with Crippen LogP contribution in [0.15, 0.2) is 23.7 Å². The molecule has 0 amide bonds. The highest BCUT2D eigenvalue weighted by atomic mass is 35.5. The molecule has 156 valence electrons. The van der Waals surface area contributed by atoms with Gasteiger partial charge in [-0.2, -0.15) is 0 Å². The van der Waals surface area contributed by atoms with Gasteiger partial charge in [-0.25, -0.2) is 8.78 Å². The number of ether oxygens (including phenoxy) is 1. The molecule has 0 atom stereocenters. The van der Waals surface area contributed by atoms with Gasteiger partial charge in [-0.1, -0.05) is 30.5 Å². The normalized spacial score (nSPS) is 28.6. The second-order valence-electron chi connectivity index (χ2n) is 8.63. The van der Waals surface area contributed by atoms with Crippen molar-refractivity contribution in [3.8, 4) is 5.75 Å². The molecule has 1 nitrogen and oxygen atoms in total. The molecule has 0 unspecified atom stereocenters. The summed E-state index contributed by atoms with van der Waals surface area (Å²) in [7, 11) is 0. The van der Waals surface area contributed by atoms with E-state index in [2.05, 4.69) is 6.08 Å². The largest absolute Gasteiger partial charge is 0.488 e. The van der Waals surface area contributed by atoms with Gasteiger partial charge >= 0.3 is 0 Å². The van der Waals surface area contributed by atoms with Gasteiger partial charge in [-0.3, -0.25) is 0 Å². The predicted octanol–water partition coefficient (Wildman–Crippen LogP) is 7.66. The van der Waals surface area contributed by atoms with Crippen LogP contribution in [0, 0.1) is 35.3 Å². The van der Waals surface area contributed by atoms with Crippen molar-refractivity contribution in [1.29, 1.82) is 0 Å². The Bertz CT molecular complexity index is 621. The highest BCUT2D eigenvalue weighted by molar-refractivity contribution is 6.25. The maximum atomic E-state index is 14.0. The summed E-state index contributed by atoms with van der Waals surface area (Å²) < 4.78 is 33.1. The fourth-order valence-corrected chi connectivity index (χ4v) is 5.48. The van der Waals surface area contributed by atoms with Crippen LogP contribution in [0.1, 0.15) is 70.3 Å². The highest BCUT2D eigenvalue weighted by Gasteiger charge is 2.30. The highest BCUT2D eigenvalue weighted by Crippen LogP contribution is 2.42. The van der Waals surface area contributed by atoms with Gasteiger partial charge in [0.15, 0.2) is 17.4 Å². The van der Waals surface area contributed by atoms with Gasteiger partial charge in [-0.05, 0) is 99.7 Å². The molecule has 0 aliphatic heterocycles. The van der Waals surface area contributed by atoms with Gasteiger partial charge in [0, 0.05) is 5.54 Å². The summed E-state index contributed by atoms with van der Waals surface area (Å²) in [4.78, 5) is 0. The molecule has 0 aromatic heterocycles. The van der Waals surface area contributed by atoms with Crippen LogP contribution in [0.5, 0.6) is 5.75 Å². The Morgan fingerprint density at radius 2 is 1.54 bits per heavy atom. The van der Waals surface area contributed by atoms with E-state index in [4.69, 9.17) is 16.3 Å². The summed E-state index contributed by atoms with van der Waals surface area (Å²) in [5.74, 6) is 1.71. The quantitative estimate of drug-likeness (QED) is 0.448. The molecule has 2 fully saturated rings. The molecule has 2 saturated carbocycles. The first-order valence-electron chi connectivity index (χ1n) is 11.0. The maximum Gasteiger partial charge on any atom is 0.190 e. The molecule has 0 radical (unpaired) electrons. The first kappa shape index (κ1) is 21.6. The fraction of sp³-hybridized carbons (Fsp3) is 0.667. The molecule has 0 bridgehead atoms. The molecule has 2 aliphatic carbocycles. The Kier molecular flexibility index (Phi) is 8.20. The zero-order valence-electron chi connectivity index (χ0n) is 16.9. The third-order valence-corrected chi connectivity index (χ3v) is 7.05. The first-order valence-corrected chi connectivity index (χ1v) is 11.4. The molecular formula is C24H33ClF2O. The average molecular weight is 411 g/mol. The summed E-state index contributed by atoms with van der Waals surface area (Å²) in [5.41, 5.74) is 2.42. The van der Waals surface area contributed by atoms with Crippen molar-refractivity contribution >= 4 is 11.6 Å². The predicted molar refractivity (Wildman–Crippen MR) is 112 cm³/mol. The lowest BCUT2D eigenvalue weighted by Gasteiger charge is -2.37. The second kappa shape index (κ2) is 10.6. The molecular weight excluding hydrogens is 378 g/mol. The summed E-state index contributed by atoms with van der Waals surface area (Å²) in [6.45, 7) is 1.99. The van der Waals surface area contributed by atoms with E-state index in [1.807, 2.05) is 0 Å². The Balaban J connectivity index is 1.43. The minimum absolute atomic E-state index is 0.247. The van der Waals surface area contributed by atoms with Crippen molar-refractivity contribution < 1.29 is 13.5 Å². The minimum atomic E-state index is -0.583. The molecule has 3 rings (SSSR count). The zero-order valence-corrected chi connectivity index (χ0v) is 17.7. The summed E-state index contributed by atoms with van der Waals surface area (Å²) in [5, 5.41) is 0. The number of hydrogen-bond donors (Lipinski definition) is 0. The van der Waals surface area contributed by atoms with Gasteiger partial charge in [0.2, 0.25) is 0 Å². The van der Waals surface area contributed by atoms with Crippen molar-refractivity contribution in [1.82, 2.24) is 0 Å². The number of benzene rings is 1. The van der Waals surface area contributed by atoms with Gasteiger partial charge in [0.1, 0.15) is 0 Å². The molecule has 1 aromatic carbocycles. The number of allylic oxidation sites excluding steroid dienone is 1. The Morgan fingerprint density at radius 3 is 2.07 bits per heavy atom. The lowest BCUT2D eigenvalue weighted by atomic mass is 9.68. The SMILES string of the molecule is CCOc1c(F)cc(CCC2CCC(C3CCC(/C=C/Cl)CC3)CC2)cc1F.